The predicted octanol–water partition coefficient (Wildman–Crippen LogP) is 1.68. The highest BCUT2D eigenvalue weighted by atomic mass is 32.1. The molecule has 2 heterocycles. The Morgan fingerprint density at radius 2 is 2.40 bits per heavy atom. The summed E-state index contributed by atoms with van der Waals surface area (Å²) >= 11 is 1.61. The van der Waals surface area contributed by atoms with Gasteiger partial charge in [0.05, 0.1) is 12.2 Å². The minimum Gasteiger partial charge on any atom is -0.354 e. The molecule has 2 rings (SSSR count). The van der Waals surface area contributed by atoms with Crippen LogP contribution in [0.2, 0.25) is 0 Å². The van der Waals surface area contributed by atoms with Crippen molar-refractivity contribution >= 4 is 16.5 Å². The van der Waals surface area contributed by atoms with Crippen LogP contribution in [0.4, 0.5) is 5.13 Å². The summed E-state index contributed by atoms with van der Waals surface area (Å²) in [5.74, 6) is 0.936. The van der Waals surface area contributed by atoms with Crippen molar-refractivity contribution < 1.29 is 0 Å². The molecule has 1 N–H and O–H groups in total. The maximum Gasteiger partial charge on any atom is 0.183 e. The van der Waals surface area contributed by atoms with Crippen molar-refractivity contribution in [3.63, 3.8) is 0 Å². The Balaban J connectivity index is 1.98. The fourth-order valence-electron chi connectivity index (χ4n) is 1.27. The van der Waals surface area contributed by atoms with E-state index in [0.717, 1.165) is 23.2 Å². The van der Waals surface area contributed by atoms with Gasteiger partial charge in [0.25, 0.3) is 0 Å². The number of hydrogen-bond acceptors (Lipinski definition) is 5. The van der Waals surface area contributed by atoms with Gasteiger partial charge >= 0.3 is 0 Å². The summed E-state index contributed by atoms with van der Waals surface area (Å²) in [6.45, 7) is 5.61. The number of nitrogens with one attached hydrogen (secondary N) is 1. The number of aromatic nitrogens is 4. The van der Waals surface area contributed by atoms with Gasteiger partial charge in [-0.1, -0.05) is 0 Å². The molecular weight excluding hydrogens is 210 g/mol. The Morgan fingerprint density at radius 1 is 1.53 bits per heavy atom. The van der Waals surface area contributed by atoms with Crippen molar-refractivity contribution in [3.8, 4) is 0 Å². The minimum absolute atomic E-state index is 0.667. The standard InChI is InChI=1S/C9H13N5S/c1-3-14-6-11-13-8(14)4-10-9-12-7(2)5-15-9/h5-6H,3-4H2,1-2H3,(H,10,12). The summed E-state index contributed by atoms with van der Waals surface area (Å²) in [6, 6.07) is 0. The van der Waals surface area contributed by atoms with Crippen molar-refractivity contribution in [2.45, 2.75) is 26.9 Å². The highest BCUT2D eigenvalue weighted by Crippen LogP contribution is 2.14. The molecule has 2 aromatic rings. The smallest absolute Gasteiger partial charge is 0.183 e. The molecule has 0 spiro atoms. The van der Waals surface area contributed by atoms with Crippen molar-refractivity contribution in [1.82, 2.24) is 19.7 Å². The third kappa shape index (κ3) is 2.33. The lowest BCUT2D eigenvalue weighted by Crippen LogP contribution is -2.07. The van der Waals surface area contributed by atoms with Crippen molar-refractivity contribution in [1.29, 1.82) is 0 Å². The summed E-state index contributed by atoms with van der Waals surface area (Å²) < 4.78 is 2.01. The second-order valence-electron chi connectivity index (χ2n) is 3.18. The van der Waals surface area contributed by atoms with Crippen LogP contribution in [0, 0.1) is 6.92 Å². The average Bonchev–Trinajstić information content (AvgIpc) is 2.83. The Labute approximate surface area is 92.2 Å². The number of nitrogens with zero attached hydrogens (tertiary/aromatic N) is 4. The second kappa shape index (κ2) is 4.39. The molecule has 0 bridgehead atoms. The maximum atomic E-state index is 4.32. The van der Waals surface area contributed by atoms with E-state index in [1.54, 1.807) is 17.7 Å². The summed E-state index contributed by atoms with van der Waals surface area (Å²) in [7, 11) is 0. The van der Waals surface area contributed by atoms with Crippen molar-refractivity contribution in [3.05, 3.63) is 23.2 Å². The number of anilines is 1. The van der Waals surface area contributed by atoms with Gasteiger partial charge < -0.3 is 9.88 Å². The zero-order valence-corrected chi connectivity index (χ0v) is 9.58. The normalized spacial score (nSPS) is 10.5. The van der Waals surface area contributed by atoms with Gasteiger partial charge in [-0.3, -0.25) is 0 Å². The fourth-order valence-corrected chi connectivity index (χ4v) is 1.96. The Kier molecular flexibility index (Phi) is 2.96. The van der Waals surface area contributed by atoms with Crippen molar-refractivity contribution in [2.75, 3.05) is 5.32 Å². The first kappa shape index (κ1) is 10.1. The first-order chi connectivity index (χ1) is 7.29. The fraction of sp³-hybridized carbons (Fsp3) is 0.444. The van der Waals surface area contributed by atoms with Gasteiger partial charge in [-0.15, -0.1) is 21.5 Å². The van der Waals surface area contributed by atoms with E-state index in [0.29, 0.717) is 6.54 Å². The van der Waals surface area contributed by atoms with Crippen LogP contribution in [0.1, 0.15) is 18.4 Å². The van der Waals surface area contributed by atoms with Gasteiger partial charge in [0.2, 0.25) is 0 Å². The first-order valence-corrected chi connectivity index (χ1v) is 5.70. The average molecular weight is 223 g/mol. The second-order valence-corrected chi connectivity index (χ2v) is 4.04. The zero-order chi connectivity index (χ0) is 10.7. The molecule has 15 heavy (non-hydrogen) atoms. The lowest BCUT2D eigenvalue weighted by molar-refractivity contribution is 0.707. The van der Waals surface area contributed by atoms with Gasteiger partial charge in [0.1, 0.15) is 6.33 Å². The predicted molar refractivity (Wildman–Crippen MR) is 59.9 cm³/mol. The molecule has 6 heteroatoms. The molecule has 0 aliphatic carbocycles. The molecule has 0 aliphatic rings. The molecule has 0 unspecified atom stereocenters. The molecule has 0 radical (unpaired) electrons. The molecule has 0 aromatic carbocycles. The molecule has 0 amide bonds. The third-order valence-electron chi connectivity index (χ3n) is 2.05. The number of aryl methyl sites for hydroxylation is 2. The molecule has 0 saturated carbocycles. The van der Waals surface area contributed by atoms with E-state index >= 15 is 0 Å². The summed E-state index contributed by atoms with van der Waals surface area (Å²) in [5, 5.41) is 14.1. The first-order valence-electron chi connectivity index (χ1n) is 4.82. The van der Waals surface area contributed by atoms with Crippen LogP contribution in [-0.4, -0.2) is 19.7 Å². The van der Waals surface area contributed by atoms with Crippen LogP contribution in [0.5, 0.6) is 0 Å². The van der Waals surface area contributed by atoms with Crippen LogP contribution in [-0.2, 0) is 13.1 Å². The lowest BCUT2D eigenvalue weighted by Gasteiger charge is -2.03. The Bertz CT molecular complexity index is 433. The number of thiazole rings is 1. The van der Waals surface area contributed by atoms with Gasteiger partial charge in [0.15, 0.2) is 11.0 Å². The lowest BCUT2D eigenvalue weighted by atomic mass is 10.5. The van der Waals surface area contributed by atoms with Crippen LogP contribution in [0.25, 0.3) is 0 Å². The molecule has 0 atom stereocenters. The van der Waals surface area contributed by atoms with E-state index in [-0.39, 0.29) is 0 Å². The number of rotatable bonds is 4. The SMILES string of the molecule is CCn1cnnc1CNc1nc(C)cs1. The van der Waals surface area contributed by atoms with Crippen LogP contribution < -0.4 is 5.32 Å². The molecule has 0 fully saturated rings. The zero-order valence-electron chi connectivity index (χ0n) is 8.77. The van der Waals surface area contributed by atoms with Gasteiger partial charge in [-0.25, -0.2) is 4.98 Å². The Hall–Kier alpha value is -1.43. The number of hydrogen-bond donors (Lipinski definition) is 1. The van der Waals surface area contributed by atoms with E-state index in [1.165, 1.54) is 0 Å². The van der Waals surface area contributed by atoms with E-state index < -0.39 is 0 Å². The van der Waals surface area contributed by atoms with Crippen LogP contribution >= 0.6 is 11.3 Å². The van der Waals surface area contributed by atoms with Gasteiger partial charge in [0, 0.05) is 11.9 Å². The minimum atomic E-state index is 0.667. The highest BCUT2D eigenvalue weighted by Gasteiger charge is 2.03. The Morgan fingerprint density at radius 3 is 3.07 bits per heavy atom. The molecule has 5 nitrogen and oxygen atoms in total. The van der Waals surface area contributed by atoms with E-state index in [9.17, 15) is 0 Å². The van der Waals surface area contributed by atoms with E-state index in [1.807, 2.05) is 16.9 Å². The van der Waals surface area contributed by atoms with Gasteiger partial charge in [-0.05, 0) is 13.8 Å². The maximum absolute atomic E-state index is 4.32. The summed E-state index contributed by atoms with van der Waals surface area (Å²) in [4.78, 5) is 4.32. The van der Waals surface area contributed by atoms with Crippen LogP contribution in [0.15, 0.2) is 11.7 Å². The molecular formula is C9H13N5S. The van der Waals surface area contributed by atoms with E-state index in [2.05, 4.69) is 27.4 Å². The summed E-state index contributed by atoms with van der Waals surface area (Å²) in [6.07, 6.45) is 1.74. The monoisotopic (exact) mass is 223 g/mol. The molecule has 0 aliphatic heterocycles. The molecule has 0 saturated heterocycles. The van der Waals surface area contributed by atoms with E-state index in [4.69, 9.17) is 0 Å². The summed E-state index contributed by atoms with van der Waals surface area (Å²) in [5.41, 5.74) is 1.04. The van der Waals surface area contributed by atoms with Crippen molar-refractivity contribution in [2.24, 2.45) is 0 Å². The van der Waals surface area contributed by atoms with Gasteiger partial charge in [-0.2, -0.15) is 0 Å². The third-order valence-corrected chi connectivity index (χ3v) is 2.97. The molecule has 80 valence electrons. The topological polar surface area (TPSA) is 55.6 Å². The highest BCUT2D eigenvalue weighted by molar-refractivity contribution is 7.13. The molecule has 2 aromatic heterocycles. The largest absolute Gasteiger partial charge is 0.354 e. The quantitative estimate of drug-likeness (QED) is 0.856. The van der Waals surface area contributed by atoms with Crippen LogP contribution in [0.3, 0.4) is 0 Å².